The van der Waals surface area contributed by atoms with Crippen molar-refractivity contribution in [2.75, 3.05) is 46.4 Å². The van der Waals surface area contributed by atoms with Crippen LogP contribution >= 0.6 is 0 Å². The molecule has 0 bridgehead atoms. The highest BCUT2D eigenvalue weighted by Gasteiger charge is 2.29. The van der Waals surface area contributed by atoms with Gasteiger partial charge in [-0.25, -0.2) is 0 Å². The van der Waals surface area contributed by atoms with Crippen LogP contribution in [0.25, 0.3) is 0 Å². The number of hydrogen-bond acceptors (Lipinski definition) is 4. The number of piperidine rings is 1. The maximum atomic E-state index is 9.43. The minimum atomic E-state index is -0.122. The van der Waals surface area contributed by atoms with Gasteiger partial charge in [0.25, 0.3) is 0 Å². The Morgan fingerprint density at radius 3 is 2.58 bits per heavy atom. The first-order valence-electron chi connectivity index (χ1n) is 7.93. The molecular formula is C15H31N3O. The molecule has 2 fully saturated rings. The van der Waals surface area contributed by atoms with Gasteiger partial charge in [-0.05, 0) is 59.3 Å². The standard InChI is InChI=1S/C15H31N3O/c1-15(13-19,16-2)7-11-17-10-6-14(12-17)18-8-4-3-5-9-18/h14,16,19H,3-13H2,1-2H3. The van der Waals surface area contributed by atoms with Crippen molar-refractivity contribution in [3.8, 4) is 0 Å². The summed E-state index contributed by atoms with van der Waals surface area (Å²) in [6, 6.07) is 0.787. The summed E-state index contributed by atoms with van der Waals surface area (Å²) in [5.41, 5.74) is -0.122. The zero-order chi connectivity index (χ0) is 13.7. The van der Waals surface area contributed by atoms with E-state index in [0.29, 0.717) is 0 Å². The van der Waals surface area contributed by atoms with Gasteiger partial charge in [0.15, 0.2) is 0 Å². The average Bonchev–Trinajstić information content (AvgIpc) is 2.95. The van der Waals surface area contributed by atoms with Crippen molar-refractivity contribution >= 4 is 0 Å². The third-order valence-electron chi connectivity index (χ3n) is 5.09. The molecule has 2 saturated heterocycles. The van der Waals surface area contributed by atoms with Gasteiger partial charge in [-0.15, -0.1) is 0 Å². The summed E-state index contributed by atoms with van der Waals surface area (Å²) in [6.45, 7) is 8.49. The average molecular weight is 269 g/mol. The molecular weight excluding hydrogens is 238 g/mol. The fourth-order valence-corrected chi connectivity index (χ4v) is 3.28. The molecule has 2 aliphatic rings. The number of aliphatic hydroxyl groups is 1. The number of nitrogens with zero attached hydrogens (tertiary/aromatic N) is 2. The molecule has 112 valence electrons. The fraction of sp³-hybridized carbons (Fsp3) is 1.00. The summed E-state index contributed by atoms with van der Waals surface area (Å²) < 4.78 is 0. The maximum Gasteiger partial charge on any atom is 0.0610 e. The van der Waals surface area contributed by atoms with Crippen LogP contribution in [0.4, 0.5) is 0 Å². The largest absolute Gasteiger partial charge is 0.394 e. The van der Waals surface area contributed by atoms with E-state index in [0.717, 1.165) is 19.0 Å². The Balaban J connectivity index is 1.72. The Labute approximate surface area is 118 Å². The zero-order valence-electron chi connectivity index (χ0n) is 12.7. The summed E-state index contributed by atoms with van der Waals surface area (Å²) in [5, 5.41) is 12.7. The van der Waals surface area contributed by atoms with Gasteiger partial charge in [-0.2, -0.15) is 0 Å². The molecule has 0 amide bonds. The molecule has 0 saturated carbocycles. The molecule has 4 nitrogen and oxygen atoms in total. The Bertz CT molecular complexity index is 262. The van der Waals surface area contributed by atoms with Gasteiger partial charge in [0.05, 0.1) is 6.61 Å². The van der Waals surface area contributed by atoms with Crippen molar-refractivity contribution in [2.45, 2.75) is 50.6 Å². The summed E-state index contributed by atoms with van der Waals surface area (Å²) in [4.78, 5) is 5.28. The van der Waals surface area contributed by atoms with Crippen LogP contribution < -0.4 is 5.32 Å². The topological polar surface area (TPSA) is 38.7 Å². The third kappa shape index (κ3) is 4.15. The van der Waals surface area contributed by atoms with Gasteiger partial charge in [0.2, 0.25) is 0 Å². The molecule has 0 aliphatic carbocycles. The van der Waals surface area contributed by atoms with E-state index in [9.17, 15) is 5.11 Å². The molecule has 0 spiro atoms. The Morgan fingerprint density at radius 1 is 1.21 bits per heavy atom. The summed E-state index contributed by atoms with van der Waals surface area (Å²) in [7, 11) is 1.94. The highest BCUT2D eigenvalue weighted by molar-refractivity contribution is 4.87. The van der Waals surface area contributed by atoms with Crippen LogP contribution in [-0.4, -0.2) is 72.9 Å². The first-order chi connectivity index (χ1) is 9.17. The van der Waals surface area contributed by atoms with Gasteiger partial charge in [0, 0.05) is 24.7 Å². The monoisotopic (exact) mass is 269 g/mol. The Morgan fingerprint density at radius 2 is 1.95 bits per heavy atom. The van der Waals surface area contributed by atoms with Gasteiger partial charge in [-0.3, -0.25) is 4.90 Å². The van der Waals surface area contributed by atoms with Crippen LogP contribution in [-0.2, 0) is 0 Å². The lowest BCUT2D eigenvalue weighted by atomic mass is 9.99. The van der Waals surface area contributed by atoms with Crippen LogP contribution in [0, 0.1) is 0 Å². The van der Waals surface area contributed by atoms with E-state index in [1.165, 1.54) is 51.9 Å². The molecule has 2 rings (SSSR count). The molecule has 2 unspecified atom stereocenters. The molecule has 19 heavy (non-hydrogen) atoms. The minimum absolute atomic E-state index is 0.122. The molecule has 0 aromatic heterocycles. The van der Waals surface area contributed by atoms with E-state index in [-0.39, 0.29) is 12.1 Å². The lowest BCUT2D eigenvalue weighted by Gasteiger charge is -2.33. The van der Waals surface area contributed by atoms with Crippen molar-refractivity contribution in [2.24, 2.45) is 0 Å². The number of likely N-dealkylation sites (N-methyl/N-ethyl adjacent to an activating group) is 1. The Kier molecular flexibility index (Phi) is 5.63. The van der Waals surface area contributed by atoms with Crippen molar-refractivity contribution in [3.05, 3.63) is 0 Å². The first-order valence-corrected chi connectivity index (χ1v) is 7.93. The minimum Gasteiger partial charge on any atom is -0.394 e. The molecule has 2 N–H and O–H groups in total. The molecule has 2 atom stereocenters. The third-order valence-corrected chi connectivity index (χ3v) is 5.09. The van der Waals surface area contributed by atoms with Crippen LogP contribution in [0.5, 0.6) is 0 Å². The second-order valence-electron chi connectivity index (χ2n) is 6.56. The van der Waals surface area contributed by atoms with Crippen LogP contribution in [0.1, 0.15) is 39.0 Å². The smallest absolute Gasteiger partial charge is 0.0610 e. The normalized spacial score (nSPS) is 29.5. The lowest BCUT2D eigenvalue weighted by Crippen LogP contribution is -2.46. The predicted octanol–water partition coefficient (Wildman–Crippen LogP) is 0.907. The summed E-state index contributed by atoms with van der Waals surface area (Å²) in [5.74, 6) is 0. The van der Waals surface area contributed by atoms with Crippen molar-refractivity contribution in [1.29, 1.82) is 0 Å². The van der Waals surface area contributed by atoms with Gasteiger partial charge < -0.3 is 15.3 Å². The van der Waals surface area contributed by atoms with E-state index in [1.54, 1.807) is 0 Å². The number of nitrogens with one attached hydrogen (secondary N) is 1. The molecule has 4 heteroatoms. The number of hydrogen-bond donors (Lipinski definition) is 2. The van der Waals surface area contributed by atoms with E-state index in [4.69, 9.17) is 0 Å². The Hall–Kier alpha value is -0.160. The van der Waals surface area contributed by atoms with Crippen molar-refractivity contribution < 1.29 is 5.11 Å². The van der Waals surface area contributed by atoms with Crippen LogP contribution in [0.3, 0.4) is 0 Å². The first kappa shape index (κ1) is 15.2. The second kappa shape index (κ2) is 7.02. The van der Waals surface area contributed by atoms with E-state index in [2.05, 4.69) is 22.0 Å². The quantitative estimate of drug-likeness (QED) is 0.752. The highest BCUT2D eigenvalue weighted by atomic mass is 16.3. The van der Waals surface area contributed by atoms with Crippen LogP contribution in [0.2, 0.25) is 0 Å². The zero-order valence-corrected chi connectivity index (χ0v) is 12.7. The molecule has 0 aromatic rings. The molecule has 2 heterocycles. The molecule has 0 aromatic carbocycles. The number of aliphatic hydroxyl groups excluding tert-OH is 1. The van der Waals surface area contributed by atoms with E-state index < -0.39 is 0 Å². The number of rotatable bonds is 6. The van der Waals surface area contributed by atoms with E-state index >= 15 is 0 Å². The molecule has 2 aliphatic heterocycles. The predicted molar refractivity (Wildman–Crippen MR) is 79.4 cm³/mol. The van der Waals surface area contributed by atoms with Crippen LogP contribution in [0.15, 0.2) is 0 Å². The number of likely N-dealkylation sites (tertiary alicyclic amines) is 2. The van der Waals surface area contributed by atoms with Gasteiger partial charge in [0.1, 0.15) is 0 Å². The maximum absolute atomic E-state index is 9.43. The van der Waals surface area contributed by atoms with Gasteiger partial charge >= 0.3 is 0 Å². The van der Waals surface area contributed by atoms with Gasteiger partial charge in [-0.1, -0.05) is 6.42 Å². The summed E-state index contributed by atoms with van der Waals surface area (Å²) in [6.07, 6.45) is 6.55. The van der Waals surface area contributed by atoms with E-state index in [1.807, 2.05) is 7.05 Å². The van der Waals surface area contributed by atoms with Crippen molar-refractivity contribution in [3.63, 3.8) is 0 Å². The highest BCUT2D eigenvalue weighted by Crippen LogP contribution is 2.21. The summed E-state index contributed by atoms with van der Waals surface area (Å²) >= 11 is 0. The second-order valence-corrected chi connectivity index (χ2v) is 6.56. The lowest BCUT2D eigenvalue weighted by molar-refractivity contribution is 0.145. The SMILES string of the molecule is CNC(C)(CO)CCN1CCC(N2CCCCC2)C1. The van der Waals surface area contributed by atoms with Crippen molar-refractivity contribution in [1.82, 2.24) is 15.1 Å². The molecule has 0 radical (unpaired) electrons. The fourth-order valence-electron chi connectivity index (χ4n) is 3.28.